The standard InChI is InChI=1S/C20H25IO2/c1-3-23-18-10-12-4-5-14-13(15(12)11-17(18)21)8-9-20(2)16(14)6-7-19(20)22/h3,10-11,13-14,16,19,22H,1,4-9H2,2H3/t13-,14+,16-,19-,20-/m0/s1. The highest BCUT2D eigenvalue weighted by atomic mass is 127. The Labute approximate surface area is 152 Å². The van der Waals surface area contributed by atoms with E-state index in [1.54, 1.807) is 5.56 Å². The summed E-state index contributed by atoms with van der Waals surface area (Å²) in [7, 11) is 0. The fraction of sp³-hybridized carbons (Fsp3) is 0.600. The largest absolute Gasteiger partial charge is 0.465 e. The van der Waals surface area contributed by atoms with E-state index >= 15 is 0 Å². The molecule has 1 aromatic carbocycles. The number of aliphatic hydroxyl groups excluding tert-OH is 1. The molecule has 0 amide bonds. The first-order valence-corrected chi connectivity index (χ1v) is 9.90. The van der Waals surface area contributed by atoms with E-state index in [4.69, 9.17) is 4.74 Å². The number of fused-ring (bicyclic) bond motifs is 5. The predicted octanol–water partition coefficient (Wildman–Crippen LogP) is 5.03. The van der Waals surface area contributed by atoms with Crippen LogP contribution in [0, 0.1) is 20.8 Å². The second-order valence-corrected chi connectivity index (χ2v) is 8.98. The lowest BCUT2D eigenvalue weighted by molar-refractivity contribution is -0.0226. The summed E-state index contributed by atoms with van der Waals surface area (Å²) in [5.74, 6) is 3.06. The first-order chi connectivity index (χ1) is 11.0. The van der Waals surface area contributed by atoms with Crippen LogP contribution in [0.4, 0.5) is 0 Å². The molecule has 23 heavy (non-hydrogen) atoms. The van der Waals surface area contributed by atoms with Crippen LogP contribution < -0.4 is 4.74 Å². The van der Waals surface area contributed by atoms with Crippen LogP contribution in [0.3, 0.4) is 0 Å². The minimum Gasteiger partial charge on any atom is -0.465 e. The van der Waals surface area contributed by atoms with Gasteiger partial charge in [0.1, 0.15) is 5.75 Å². The third-order valence-electron chi connectivity index (χ3n) is 6.94. The van der Waals surface area contributed by atoms with E-state index in [0.29, 0.717) is 11.8 Å². The van der Waals surface area contributed by atoms with E-state index < -0.39 is 0 Å². The molecule has 0 unspecified atom stereocenters. The number of hydrogen-bond acceptors (Lipinski definition) is 2. The summed E-state index contributed by atoms with van der Waals surface area (Å²) in [5.41, 5.74) is 3.17. The monoisotopic (exact) mass is 424 g/mol. The van der Waals surface area contributed by atoms with Crippen molar-refractivity contribution in [2.24, 2.45) is 17.3 Å². The van der Waals surface area contributed by atoms with Crippen LogP contribution >= 0.6 is 22.6 Å². The van der Waals surface area contributed by atoms with E-state index in [2.05, 4.69) is 48.2 Å². The fourth-order valence-electron chi connectivity index (χ4n) is 5.72. The molecule has 3 aliphatic carbocycles. The predicted molar refractivity (Wildman–Crippen MR) is 101 cm³/mol. The van der Waals surface area contributed by atoms with Gasteiger partial charge in [0.05, 0.1) is 15.9 Å². The van der Waals surface area contributed by atoms with Crippen molar-refractivity contribution in [1.29, 1.82) is 0 Å². The van der Waals surface area contributed by atoms with Crippen molar-refractivity contribution in [3.63, 3.8) is 0 Å². The Morgan fingerprint density at radius 3 is 2.91 bits per heavy atom. The van der Waals surface area contributed by atoms with E-state index in [1.807, 2.05) is 0 Å². The number of aryl methyl sites for hydroxylation is 1. The van der Waals surface area contributed by atoms with Crippen LogP contribution in [-0.2, 0) is 6.42 Å². The van der Waals surface area contributed by atoms with Crippen LogP contribution in [0.25, 0.3) is 0 Å². The molecular formula is C20H25IO2. The molecule has 2 saturated carbocycles. The van der Waals surface area contributed by atoms with Gasteiger partial charge in [-0.15, -0.1) is 0 Å². The normalized spacial score (nSPS) is 38.4. The van der Waals surface area contributed by atoms with Gasteiger partial charge in [0.25, 0.3) is 0 Å². The van der Waals surface area contributed by atoms with E-state index in [-0.39, 0.29) is 11.5 Å². The van der Waals surface area contributed by atoms with Crippen molar-refractivity contribution in [1.82, 2.24) is 0 Å². The minimum absolute atomic E-state index is 0.0849. The van der Waals surface area contributed by atoms with Gasteiger partial charge in [0.15, 0.2) is 0 Å². The quantitative estimate of drug-likeness (QED) is 0.533. The molecule has 5 atom stereocenters. The van der Waals surface area contributed by atoms with Gasteiger partial charge in [0, 0.05) is 0 Å². The maximum Gasteiger partial charge on any atom is 0.140 e. The Morgan fingerprint density at radius 1 is 1.30 bits per heavy atom. The summed E-state index contributed by atoms with van der Waals surface area (Å²) in [6, 6.07) is 4.58. The molecule has 2 nitrogen and oxygen atoms in total. The van der Waals surface area contributed by atoms with Crippen molar-refractivity contribution in [2.75, 3.05) is 0 Å². The van der Waals surface area contributed by atoms with E-state index in [0.717, 1.165) is 24.5 Å². The Kier molecular flexibility index (Phi) is 4.00. The molecule has 3 aliphatic rings. The highest BCUT2D eigenvalue weighted by Crippen LogP contribution is 2.61. The fourth-order valence-corrected chi connectivity index (χ4v) is 6.34. The molecule has 1 aromatic rings. The summed E-state index contributed by atoms with van der Waals surface area (Å²) in [6.07, 6.45) is 8.44. The molecule has 1 N–H and O–H groups in total. The molecule has 0 spiro atoms. The Balaban J connectivity index is 1.69. The molecular weight excluding hydrogens is 399 g/mol. The second kappa shape index (κ2) is 5.76. The van der Waals surface area contributed by atoms with Crippen molar-refractivity contribution >= 4 is 22.6 Å². The van der Waals surface area contributed by atoms with Crippen LogP contribution in [0.15, 0.2) is 25.0 Å². The molecule has 124 valence electrons. The number of rotatable bonds is 2. The summed E-state index contributed by atoms with van der Waals surface area (Å²) in [6.45, 7) is 6.02. The van der Waals surface area contributed by atoms with E-state index in [9.17, 15) is 5.11 Å². The zero-order valence-electron chi connectivity index (χ0n) is 13.7. The Hall–Kier alpha value is -0.550. The molecule has 3 heteroatoms. The lowest BCUT2D eigenvalue weighted by Crippen LogP contribution is -2.43. The first-order valence-electron chi connectivity index (χ1n) is 8.82. The van der Waals surface area contributed by atoms with Gasteiger partial charge in [-0.2, -0.15) is 0 Å². The molecule has 0 aliphatic heterocycles. The number of hydrogen-bond donors (Lipinski definition) is 1. The Morgan fingerprint density at radius 2 is 2.13 bits per heavy atom. The number of halogens is 1. The molecule has 0 saturated heterocycles. The minimum atomic E-state index is -0.0849. The zero-order valence-corrected chi connectivity index (χ0v) is 15.9. The van der Waals surface area contributed by atoms with Crippen molar-refractivity contribution < 1.29 is 9.84 Å². The van der Waals surface area contributed by atoms with Gasteiger partial charge >= 0.3 is 0 Å². The average Bonchev–Trinajstić information content (AvgIpc) is 2.84. The first kappa shape index (κ1) is 15.9. The molecule has 0 radical (unpaired) electrons. The SMILES string of the molecule is C=COc1cc2c(cc1I)[C@H]1CC[C@]3(C)[C@@H](O)CC[C@H]3[C@@H]1CC2. The second-order valence-electron chi connectivity index (χ2n) is 7.82. The molecule has 2 fully saturated rings. The highest BCUT2D eigenvalue weighted by molar-refractivity contribution is 14.1. The topological polar surface area (TPSA) is 29.5 Å². The van der Waals surface area contributed by atoms with Crippen LogP contribution in [0.1, 0.15) is 56.1 Å². The molecule has 0 aromatic heterocycles. The van der Waals surface area contributed by atoms with Crippen molar-refractivity contribution in [3.05, 3.63) is 39.7 Å². The summed E-state index contributed by atoms with van der Waals surface area (Å²) < 4.78 is 6.74. The van der Waals surface area contributed by atoms with Gasteiger partial charge in [-0.3, -0.25) is 0 Å². The lowest BCUT2D eigenvalue weighted by Gasteiger charge is -2.50. The van der Waals surface area contributed by atoms with Gasteiger partial charge < -0.3 is 9.84 Å². The average molecular weight is 424 g/mol. The molecule has 0 bridgehead atoms. The van der Waals surface area contributed by atoms with Crippen LogP contribution in [-0.4, -0.2) is 11.2 Å². The molecule has 0 heterocycles. The summed E-state index contributed by atoms with van der Waals surface area (Å²) in [5, 5.41) is 10.5. The van der Waals surface area contributed by atoms with Gasteiger partial charge in [-0.1, -0.05) is 13.5 Å². The number of ether oxygens (including phenoxy) is 1. The van der Waals surface area contributed by atoms with Gasteiger partial charge in [-0.25, -0.2) is 0 Å². The highest BCUT2D eigenvalue weighted by Gasteiger charge is 2.54. The summed E-state index contributed by atoms with van der Waals surface area (Å²) in [4.78, 5) is 0. The smallest absolute Gasteiger partial charge is 0.140 e. The molecule has 4 rings (SSSR count). The number of benzene rings is 1. The third-order valence-corrected chi connectivity index (χ3v) is 7.78. The zero-order chi connectivity index (χ0) is 16.2. The van der Waals surface area contributed by atoms with Crippen molar-refractivity contribution in [3.8, 4) is 5.75 Å². The Bertz CT molecular complexity index is 641. The van der Waals surface area contributed by atoms with Gasteiger partial charge in [0.2, 0.25) is 0 Å². The lowest BCUT2D eigenvalue weighted by atomic mass is 9.55. The summed E-state index contributed by atoms with van der Waals surface area (Å²) >= 11 is 2.38. The van der Waals surface area contributed by atoms with Crippen molar-refractivity contribution in [2.45, 2.75) is 57.5 Å². The third kappa shape index (κ3) is 2.38. The number of aliphatic hydroxyl groups is 1. The van der Waals surface area contributed by atoms with Crippen LogP contribution in [0.5, 0.6) is 5.75 Å². The maximum atomic E-state index is 10.5. The van der Waals surface area contributed by atoms with E-state index in [1.165, 1.54) is 41.1 Å². The van der Waals surface area contributed by atoms with Crippen LogP contribution in [0.2, 0.25) is 0 Å². The van der Waals surface area contributed by atoms with Gasteiger partial charge in [-0.05, 0) is 108 Å². The maximum absolute atomic E-state index is 10.5.